The van der Waals surface area contributed by atoms with E-state index in [0.29, 0.717) is 12.8 Å². The molecule has 0 fully saturated rings. The Labute approximate surface area is 61.0 Å². The van der Waals surface area contributed by atoms with Gasteiger partial charge in [0.15, 0.2) is 0 Å². The summed E-state index contributed by atoms with van der Waals surface area (Å²) >= 11 is 0. The fourth-order valence-corrected chi connectivity index (χ4v) is 0.726. The zero-order valence-corrected chi connectivity index (χ0v) is 6.17. The van der Waals surface area contributed by atoms with E-state index in [4.69, 9.17) is 9.84 Å². The molecule has 1 atom stereocenters. The van der Waals surface area contributed by atoms with Crippen LogP contribution in [0, 0.1) is 6.92 Å². The summed E-state index contributed by atoms with van der Waals surface area (Å²) in [5.74, 6) is -0.819. The molecule has 59 valence electrons. The van der Waals surface area contributed by atoms with Crippen molar-refractivity contribution in [3.05, 3.63) is 6.92 Å². The first kappa shape index (κ1) is 9.43. The van der Waals surface area contributed by atoms with Gasteiger partial charge in [0, 0.05) is 7.11 Å². The molecule has 3 heteroatoms. The number of rotatable bonds is 5. The minimum Gasteiger partial charge on any atom is -0.481 e. The lowest BCUT2D eigenvalue weighted by atomic mass is 10.1. The van der Waals surface area contributed by atoms with Gasteiger partial charge >= 0.3 is 5.97 Å². The van der Waals surface area contributed by atoms with E-state index in [1.807, 2.05) is 0 Å². The minimum absolute atomic E-state index is 0.0754. The third-order valence-electron chi connectivity index (χ3n) is 1.26. The number of carboxylic acid groups (broad SMARTS) is 1. The number of carboxylic acids is 1. The second kappa shape index (κ2) is 5.23. The number of methoxy groups -OCH3 is 1. The molecule has 0 aliphatic heterocycles. The molecular weight excluding hydrogens is 132 g/mol. The van der Waals surface area contributed by atoms with Crippen LogP contribution < -0.4 is 0 Å². The predicted molar refractivity (Wildman–Crippen MR) is 37.6 cm³/mol. The molecule has 0 bridgehead atoms. The molecule has 0 rings (SSSR count). The summed E-state index contributed by atoms with van der Waals surface area (Å²) < 4.78 is 4.88. The first-order valence-electron chi connectivity index (χ1n) is 3.24. The second-order valence-electron chi connectivity index (χ2n) is 2.10. The molecular formula is C7H13O3. The second-order valence-corrected chi connectivity index (χ2v) is 2.10. The van der Waals surface area contributed by atoms with Gasteiger partial charge in [0.2, 0.25) is 0 Å². The van der Waals surface area contributed by atoms with E-state index >= 15 is 0 Å². The van der Waals surface area contributed by atoms with Crippen molar-refractivity contribution in [1.82, 2.24) is 0 Å². The lowest BCUT2D eigenvalue weighted by Crippen LogP contribution is -2.15. The van der Waals surface area contributed by atoms with Crippen LogP contribution in [-0.4, -0.2) is 24.3 Å². The maximum absolute atomic E-state index is 10.1. The van der Waals surface area contributed by atoms with Crippen molar-refractivity contribution in [1.29, 1.82) is 0 Å². The Hall–Kier alpha value is -0.570. The van der Waals surface area contributed by atoms with Crippen LogP contribution in [0.15, 0.2) is 0 Å². The van der Waals surface area contributed by atoms with Gasteiger partial charge in [0.05, 0.1) is 12.5 Å². The Balaban J connectivity index is 3.49. The maximum atomic E-state index is 10.1. The van der Waals surface area contributed by atoms with Gasteiger partial charge in [0.25, 0.3) is 0 Å². The third-order valence-corrected chi connectivity index (χ3v) is 1.26. The highest BCUT2D eigenvalue weighted by atomic mass is 16.5. The SMILES string of the molecule is [CH2]CCC(CC(=O)O)OC. The number of ether oxygens (including phenoxy) is 1. The average Bonchev–Trinajstić information content (AvgIpc) is 1.86. The molecule has 0 amide bonds. The highest BCUT2D eigenvalue weighted by Crippen LogP contribution is 2.04. The summed E-state index contributed by atoms with van der Waals surface area (Å²) in [6, 6.07) is 0. The summed E-state index contributed by atoms with van der Waals surface area (Å²) in [5.41, 5.74) is 0. The highest BCUT2D eigenvalue weighted by molar-refractivity contribution is 5.67. The Kier molecular flexibility index (Phi) is 4.94. The topological polar surface area (TPSA) is 46.5 Å². The van der Waals surface area contributed by atoms with Gasteiger partial charge < -0.3 is 9.84 Å². The van der Waals surface area contributed by atoms with Crippen LogP contribution >= 0.6 is 0 Å². The van der Waals surface area contributed by atoms with Crippen LogP contribution in [-0.2, 0) is 9.53 Å². The van der Waals surface area contributed by atoms with Crippen molar-refractivity contribution < 1.29 is 14.6 Å². The molecule has 3 nitrogen and oxygen atoms in total. The van der Waals surface area contributed by atoms with E-state index in [9.17, 15) is 4.79 Å². The largest absolute Gasteiger partial charge is 0.481 e. The van der Waals surface area contributed by atoms with Gasteiger partial charge in [-0.05, 0) is 6.42 Å². The van der Waals surface area contributed by atoms with E-state index in [1.54, 1.807) is 0 Å². The van der Waals surface area contributed by atoms with Gasteiger partial charge in [-0.2, -0.15) is 0 Å². The fraction of sp³-hybridized carbons (Fsp3) is 0.714. The normalized spacial score (nSPS) is 13.0. The molecule has 1 radical (unpaired) electrons. The van der Waals surface area contributed by atoms with Crippen LogP contribution in [0.25, 0.3) is 0 Å². The molecule has 1 N–H and O–H groups in total. The molecule has 0 saturated heterocycles. The number of aliphatic carboxylic acids is 1. The molecule has 0 aliphatic carbocycles. The Morgan fingerprint density at radius 1 is 1.80 bits per heavy atom. The molecule has 1 unspecified atom stereocenters. The van der Waals surface area contributed by atoms with Gasteiger partial charge in [-0.15, -0.1) is 0 Å². The number of hydrogen-bond donors (Lipinski definition) is 1. The van der Waals surface area contributed by atoms with E-state index in [1.165, 1.54) is 7.11 Å². The summed E-state index contributed by atoms with van der Waals surface area (Å²) in [7, 11) is 1.52. The van der Waals surface area contributed by atoms with E-state index < -0.39 is 5.97 Å². The molecule has 0 spiro atoms. The molecule has 0 heterocycles. The zero-order chi connectivity index (χ0) is 7.98. The van der Waals surface area contributed by atoms with Gasteiger partial charge in [-0.25, -0.2) is 0 Å². The molecule has 0 saturated carbocycles. The van der Waals surface area contributed by atoms with Crippen molar-refractivity contribution in [2.45, 2.75) is 25.4 Å². The van der Waals surface area contributed by atoms with Crippen molar-refractivity contribution >= 4 is 5.97 Å². The lowest BCUT2D eigenvalue weighted by molar-refractivity contribution is -0.139. The lowest BCUT2D eigenvalue weighted by Gasteiger charge is -2.10. The van der Waals surface area contributed by atoms with Crippen molar-refractivity contribution in [2.75, 3.05) is 7.11 Å². The van der Waals surface area contributed by atoms with Crippen LogP contribution in [0.5, 0.6) is 0 Å². The van der Waals surface area contributed by atoms with Gasteiger partial charge in [-0.3, -0.25) is 4.79 Å². The van der Waals surface area contributed by atoms with E-state index in [2.05, 4.69) is 6.92 Å². The molecule has 10 heavy (non-hydrogen) atoms. The highest BCUT2D eigenvalue weighted by Gasteiger charge is 2.09. The quantitative estimate of drug-likeness (QED) is 0.629. The van der Waals surface area contributed by atoms with Crippen LogP contribution in [0.4, 0.5) is 0 Å². The number of carbonyl (C=O) groups is 1. The summed E-state index contributed by atoms with van der Waals surface area (Å²) in [6.45, 7) is 3.61. The Morgan fingerprint density at radius 3 is 2.70 bits per heavy atom. The molecule has 0 aliphatic rings. The summed E-state index contributed by atoms with van der Waals surface area (Å²) in [4.78, 5) is 10.1. The van der Waals surface area contributed by atoms with E-state index in [-0.39, 0.29) is 12.5 Å². The van der Waals surface area contributed by atoms with Crippen molar-refractivity contribution in [3.63, 3.8) is 0 Å². The van der Waals surface area contributed by atoms with Crippen molar-refractivity contribution in [3.8, 4) is 0 Å². The van der Waals surface area contributed by atoms with Crippen LogP contribution in [0.1, 0.15) is 19.3 Å². The monoisotopic (exact) mass is 145 g/mol. The van der Waals surface area contributed by atoms with Crippen LogP contribution in [0.3, 0.4) is 0 Å². The predicted octanol–water partition coefficient (Wildman–Crippen LogP) is 1.09. The molecule has 0 aromatic carbocycles. The summed E-state index contributed by atoms with van der Waals surface area (Å²) in [5, 5.41) is 8.34. The Bertz CT molecular complexity index is 101. The zero-order valence-electron chi connectivity index (χ0n) is 6.17. The maximum Gasteiger partial charge on any atom is 0.305 e. The van der Waals surface area contributed by atoms with Crippen molar-refractivity contribution in [2.24, 2.45) is 0 Å². The molecule has 0 aromatic heterocycles. The summed E-state index contributed by atoms with van der Waals surface area (Å²) in [6.07, 6.45) is 1.33. The first-order chi connectivity index (χ1) is 4.70. The average molecular weight is 145 g/mol. The number of hydrogen-bond acceptors (Lipinski definition) is 2. The van der Waals surface area contributed by atoms with Crippen LogP contribution in [0.2, 0.25) is 0 Å². The Morgan fingerprint density at radius 2 is 2.40 bits per heavy atom. The minimum atomic E-state index is -0.819. The first-order valence-corrected chi connectivity index (χ1v) is 3.24. The molecule has 0 aromatic rings. The fourth-order valence-electron chi connectivity index (χ4n) is 0.726. The smallest absolute Gasteiger partial charge is 0.305 e. The standard InChI is InChI=1S/C7H13O3/c1-3-4-6(10-2)5-7(8)9/h6H,1,3-5H2,2H3,(H,8,9). The van der Waals surface area contributed by atoms with E-state index in [0.717, 1.165) is 0 Å². The third kappa shape index (κ3) is 4.32. The van der Waals surface area contributed by atoms with Gasteiger partial charge in [0.1, 0.15) is 0 Å². The van der Waals surface area contributed by atoms with Gasteiger partial charge in [-0.1, -0.05) is 13.3 Å².